The molecule has 1 rings (SSSR count). The molecular weight excluding hydrogens is 262 g/mol. The predicted octanol–water partition coefficient (Wildman–Crippen LogP) is 3.89. The number of carboxylic acid groups (broad SMARTS) is 1. The van der Waals surface area contributed by atoms with Gasteiger partial charge < -0.3 is 5.11 Å². The molecule has 0 aliphatic heterocycles. The molecule has 0 aliphatic rings. The van der Waals surface area contributed by atoms with E-state index in [1.165, 1.54) is 24.3 Å². The third-order valence-electron chi connectivity index (χ3n) is 2.40. The maximum atomic E-state index is 12.6. The second-order valence-corrected chi connectivity index (χ2v) is 4.10. The summed E-state index contributed by atoms with van der Waals surface area (Å²) < 4.78 is 25.2. The number of aliphatic carboxylic acids is 1. The summed E-state index contributed by atoms with van der Waals surface area (Å²) in [6, 6.07) is 4.21. The first-order chi connectivity index (χ1) is 8.54. The average Bonchev–Trinajstić information content (AvgIpc) is 2.33. The fourth-order valence-corrected chi connectivity index (χ4v) is 1.69. The maximum absolute atomic E-state index is 12.6. The van der Waals surface area contributed by atoms with Crippen molar-refractivity contribution in [1.29, 1.82) is 0 Å². The number of alkyl halides is 3. The zero-order valence-electron chi connectivity index (χ0n) is 9.57. The normalized spacial score (nSPS) is 11.3. The summed E-state index contributed by atoms with van der Waals surface area (Å²) >= 11 is 5.57. The van der Waals surface area contributed by atoms with E-state index in [1.807, 2.05) is 0 Å². The van der Waals surface area contributed by atoms with E-state index in [0.717, 1.165) is 6.08 Å². The van der Waals surface area contributed by atoms with Crippen molar-refractivity contribution in [1.82, 2.24) is 0 Å². The highest BCUT2D eigenvalue weighted by Gasteiger charge is 2.09. The van der Waals surface area contributed by atoms with E-state index < -0.39 is 12.4 Å². The van der Waals surface area contributed by atoms with Crippen LogP contribution in [0.2, 0.25) is 0 Å². The average molecular weight is 275 g/mol. The van der Waals surface area contributed by atoms with Crippen molar-refractivity contribution in [2.45, 2.75) is 19.3 Å². The van der Waals surface area contributed by atoms with Crippen molar-refractivity contribution >= 4 is 23.6 Å². The first-order valence-electron chi connectivity index (χ1n) is 5.42. The first-order valence-corrected chi connectivity index (χ1v) is 5.96. The molecule has 0 amide bonds. The van der Waals surface area contributed by atoms with Gasteiger partial charge in [0, 0.05) is 17.5 Å². The third kappa shape index (κ3) is 4.45. The number of hydrogen-bond donors (Lipinski definition) is 1. The van der Waals surface area contributed by atoms with Gasteiger partial charge in [-0.25, -0.2) is 13.6 Å². The SMILES string of the molecule is O=C(O)/C=C/c1ccc(C(F)F)cc1CCCCl. The van der Waals surface area contributed by atoms with Crippen LogP contribution in [0.15, 0.2) is 24.3 Å². The molecule has 2 nitrogen and oxygen atoms in total. The summed E-state index contributed by atoms with van der Waals surface area (Å²) in [7, 11) is 0. The van der Waals surface area contributed by atoms with Gasteiger partial charge >= 0.3 is 5.97 Å². The molecule has 0 heterocycles. The molecule has 0 aromatic heterocycles. The summed E-state index contributed by atoms with van der Waals surface area (Å²) in [5.74, 6) is -0.641. The Kier molecular flexibility index (Phi) is 5.78. The van der Waals surface area contributed by atoms with E-state index in [0.29, 0.717) is 29.8 Å². The molecule has 0 saturated carbocycles. The fraction of sp³-hybridized carbons (Fsp3) is 0.308. The Morgan fingerprint density at radius 3 is 2.72 bits per heavy atom. The van der Waals surface area contributed by atoms with Crippen LogP contribution in [0.3, 0.4) is 0 Å². The van der Waals surface area contributed by atoms with Crippen LogP contribution in [-0.4, -0.2) is 17.0 Å². The van der Waals surface area contributed by atoms with Gasteiger partial charge in [-0.2, -0.15) is 0 Å². The molecule has 0 spiro atoms. The minimum Gasteiger partial charge on any atom is -0.478 e. The van der Waals surface area contributed by atoms with Gasteiger partial charge in [0.2, 0.25) is 0 Å². The molecule has 98 valence electrons. The van der Waals surface area contributed by atoms with Crippen molar-refractivity contribution in [2.24, 2.45) is 0 Å². The minimum absolute atomic E-state index is 0.0629. The lowest BCUT2D eigenvalue weighted by Crippen LogP contribution is -1.95. The predicted molar refractivity (Wildman–Crippen MR) is 67.1 cm³/mol. The van der Waals surface area contributed by atoms with Gasteiger partial charge in [-0.1, -0.05) is 12.1 Å². The number of carboxylic acids is 1. The lowest BCUT2D eigenvalue weighted by Gasteiger charge is -2.08. The summed E-state index contributed by atoms with van der Waals surface area (Å²) in [5.41, 5.74) is 1.25. The smallest absolute Gasteiger partial charge is 0.328 e. The third-order valence-corrected chi connectivity index (χ3v) is 2.67. The minimum atomic E-state index is -2.53. The van der Waals surface area contributed by atoms with Crippen LogP contribution < -0.4 is 0 Å². The van der Waals surface area contributed by atoms with Crippen molar-refractivity contribution < 1.29 is 18.7 Å². The van der Waals surface area contributed by atoms with Crippen LogP contribution in [-0.2, 0) is 11.2 Å². The molecular formula is C13H13ClF2O2. The Morgan fingerprint density at radius 1 is 1.44 bits per heavy atom. The van der Waals surface area contributed by atoms with E-state index in [9.17, 15) is 13.6 Å². The van der Waals surface area contributed by atoms with Gasteiger partial charge in [-0.15, -0.1) is 11.6 Å². The summed E-state index contributed by atoms with van der Waals surface area (Å²) in [5, 5.41) is 8.56. The van der Waals surface area contributed by atoms with E-state index in [-0.39, 0.29) is 5.56 Å². The number of hydrogen-bond acceptors (Lipinski definition) is 1. The highest BCUT2D eigenvalue weighted by molar-refractivity contribution is 6.17. The molecule has 1 aromatic rings. The van der Waals surface area contributed by atoms with E-state index >= 15 is 0 Å². The largest absolute Gasteiger partial charge is 0.478 e. The van der Waals surface area contributed by atoms with Gasteiger partial charge in [0.15, 0.2) is 0 Å². The van der Waals surface area contributed by atoms with Crippen LogP contribution >= 0.6 is 11.6 Å². The lowest BCUT2D eigenvalue weighted by atomic mass is 10.00. The van der Waals surface area contributed by atoms with Crippen LogP contribution in [0.25, 0.3) is 6.08 Å². The molecule has 0 unspecified atom stereocenters. The van der Waals surface area contributed by atoms with E-state index in [4.69, 9.17) is 16.7 Å². The highest BCUT2D eigenvalue weighted by atomic mass is 35.5. The Labute approximate surface area is 109 Å². The van der Waals surface area contributed by atoms with Gasteiger partial charge in [0.05, 0.1) is 0 Å². The first kappa shape index (κ1) is 14.6. The molecule has 0 radical (unpaired) electrons. The Hall–Kier alpha value is -1.42. The van der Waals surface area contributed by atoms with Crippen LogP contribution in [0, 0.1) is 0 Å². The molecule has 0 atom stereocenters. The number of halogens is 3. The van der Waals surface area contributed by atoms with Gasteiger partial charge in [-0.05, 0) is 36.1 Å². The van der Waals surface area contributed by atoms with Crippen molar-refractivity contribution in [3.8, 4) is 0 Å². The fourth-order valence-electron chi connectivity index (χ4n) is 1.56. The standard InChI is InChI=1S/C13H13ClF2O2/c14-7-1-2-10-8-11(13(15)16)4-3-9(10)5-6-12(17)18/h3-6,8,13H,1-2,7H2,(H,17,18)/b6-5+. The molecule has 1 aromatic carbocycles. The van der Waals surface area contributed by atoms with Crippen LogP contribution in [0.1, 0.15) is 29.5 Å². The molecule has 18 heavy (non-hydrogen) atoms. The number of rotatable bonds is 6. The number of carbonyl (C=O) groups is 1. The zero-order chi connectivity index (χ0) is 13.5. The van der Waals surface area contributed by atoms with E-state index in [2.05, 4.69) is 0 Å². The second-order valence-electron chi connectivity index (χ2n) is 3.72. The monoisotopic (exact) mass is 274 g/mol. The molecule has 0 aliphatic carbocycles. The summed E-state index contributed by atoms with van der Waals surface area (Å²) in [6.07, 6.45) is 1.06. The summed E-state index contributed by atoms with van der Waals surface area (Å²) in [6.45, 7) is 0. The maximum Gasteiger partial charge on any atom is 0.328 e. The topological polar surface area (TPSA) is 37.3 Å². The van der Waals surface area contributed by atoms with Gasteiger partial charge in [-0.3, -0.25) is 0 Å². The van der Waals surface area contributed by atoms with Crippen LogP contribution in [0.4, 0.5) is 8.78 Å². The number of benzene rings is 1. The van der Waals surface area contributed by atoms with Crippen LogP contribution in [0.5, 0.6) is 0 Å². The van der Waals surface area contributed by atoms with Crippen molar-refractivity contribution in [2.75, 3.05) is 5.88 Å². The van der Waals surface area contributed by atoms with Gasteiger partial charge in [0.25, 0.3) is 6.43 Å². The zero-order valence-corrected chi connectivity index (χ0v) is 10.3. The van der Waals surface area contributed by atoms with E-state index in [1.54, 1.807) is 0 Å². The quantitative estimate of drug-likeness (QED) is 0.631. The summed E-state index contributed by atoms with van der Waals surface area (Å²) in [4.78, 5) is 10.4. The molecule has 1 N–H and O–H groups in total. The van der Waals surface area contributed by atoms with Crippen molar-refractivity contribution in [3.05, 3.63) is 41.0 Å². The Morgan fingerprint density at radius 2 is 2.17 bits per heavy atom. The molecule has 0 fully saturated rings. The van der Waals surface area contributed by atoms with Crippen molar-refractivity contribution in [3.63, 3.8) is 0 Å². The second kappa shape index (κ2) is 7.11. The lowest BCUT2D eigenvalue weighted by molar-refractivity contribution is -0.131. The Balaban J connectivity index is 3.03. The van der Waals surface area contributed by atoms with Gasteiger partial charge in [0.1, 0.15) is 0 Å². The molecule has 5 heteroatoms. The molecule has 0 bridgehead atoms. The number of aryl methyl sites for hydroxylation is 1. The molecule has 0 saturated heterocycles. The Bertz CT molecular complexity index is 445. The highest BCUT2D eigenvalue weighted by Crippen LogP contribution is 2.23.